The van der Waals surface area contributed by atoms with E-state index in [1.165, 1.54) is 6.07 Å². The summed E-state index contributed by atoms with van der Waals surface area (Å²) in [6.45, 7) is 0. The molecule has 1 aliphatic heterocycles. The van der Waals surface area contributed by atoms with Crippen molar-refractivity contribution in [2.75, 3.05) is 0 Å². The zero-order chi connectivity index (χ0) is 22.1. The lowest BCUT2D eigenvalue weighted by molar-refractivity contribution is 0.388. The molecule has 5 rings (SSSR count). The summed E-state index contributed by atoms with van der Waals surface area (Å²) in [5.41, 5.74) is 9.13. The van der Waals surface area contributed by atoms with Crippen molar-refractivity contribution in [3.8, 4) is 17.6 Å². The van der Waals surface area contributed by atoms with Gasteiger partial charge in [0.15, 0.2) is 0 Å². The number of allylic oxidation sites excluding steroid dienone is 1. The molecule has 0 radical (unpaired) electrons. The Kier molecular flexibility index (Phi) is 4.77. The molecule has 6 nitrogen and oxygen atoms in total. The molecule has 1 unspecified atom stereocenters. The summed E-state index contributed by atoms with van der Waals surface area (Å²) in [5.74, 6) is -0.0331. The minimum atomic E-state index is -0.456. The van der Waals surface area contributed by atoms with Crippen molar-refractivity contribution < 1.29 is 9.84 Å². The molecular weight excluding hydrogens is 400 g/mol. The van der Waals surface area contributed by atoms with Gasteiger partial charge in [-0.2, -0.15) is 5.26 Å². The number of phenolic OH excluding ortho intramolecular Hbond substituents is 1. The van der Waals surface area contributed by atoms with Crippen LogP contribution in [0.1, 0.15) is 22.6 Å². The Morgan fingerprint density at radius 3 is 2.75 bits per heavy atom. The van der Waals surface area contributed by atoms with Crippen LogP contribution in [0.4, 0.5) is 5.69 Å². The van der Waals surface area contributed by atoms with E-state index in [2.05, 4.69) is 16.0 Å². The zero-order valence-electron chi connectivity index (χ0n) is 16.9. The molecule has 0 amide bonds. The Labute approximate surface area is 184 Å². The summed E-state index contributed by atoms with van der Waals surface area (Å²) >= 11 is 0. The average Bonchev–Trinajstić information content (AvgIpc) is 2.82. The number of benzene rings is 3. The quantitative estimate of drug-likeness (QED) is 0.460. The van der Waals surface area contributed by atoms with Crippen molar-refractivity contribution in [1.29, 1.82) is 5.26 Å². The maximum atomic E-state index is 10.6. The van der Waals surface area contributed by atoms with Crippen LogP contribution < -0.4 is 10.5 Å². The lowest BCUT2D eigenvalue weighted by Crippen LogP contribution is -2.21. The summed E-state index contributed by atoms with van der Waals surface area (Å²) < 4.78 is 5.65. The van der Waals surface area contributed by atoms with Crippen molar-refractivity contribution in [1.82, 2.24) is 4.98 Å². The number of aliphatic imine (C=N–C) groups is 1. The van der Waals surface area contributed by atoms with Crippen LogP contribution in [0, 0.1) is 11.3 Å². The Bertz CT molecular complexity index is 1430. The number of nitriles is 1. The maximum absolute atomic E-state index is 10.6. The number of aromatic hydroxyl groups is 1. The van der Waals surface area contributed by atoms with E-state index in [1.54, 1.807) is 30.7 Å². The number of aromatic nitrogens is 1. The number of nitrogens with two attached hydrogens (primary N) is 1. The van der Waals surface area contributed by atoms with Gasteiger partial charge < -0.3 is 15.6 Å². The SMILES string of the molecule is N#CC1=C(N)Oc2cc(O)c(C=Nc3cccc4ccccc34)cc2C1c1cccnc1. The number of phenols is 1. The monoisotopic (exact) mass is 418 g/mol. The normalized spacial score (nSPS) is 15.4. The van der Waals surface area contributed by atoms with Gasteiger partial charge in [-0.15, -0.1) is 0 Å². The summed E-state index contributed by atoms with van der Waals surface area (Å²) in [4.78, 5) is 8.81. The number of nitrogens with zero attached hydrogens (tertiary/aromatic N) is 3. The van der Waals surface area contributed by atoms with E-state index in [1.807, 2.05) is 48.5 Å². The molecular formula is C26H18N4O2. The van der Waals surface area contributed by atoms with Crippen molar-refractivity contribution in [3.05, 3.63) is 107 Å². The third-order valence-corrected chi connectivity index (χ3v) is 5.49. The van der Waals surface area contributed by atoms with Crippen molar-refractivity contribution in [2.24, 2.45) is 10.7 Å². The van der Waals surface area contributed by atoms with E-state index in [4.69, 9.17) is 10.5 Å². The first-order valence-corrected chi connectivity index (χ1v) is 10.0. The van der Waals surface area contributed by atoms with Gasteiger partial charge >= 0.3 is 0 Å². The van der Waals surface area contributed by atoms with Gasteiger partial charge in [0.2, 0.25) is 5.88 Å². The highest BCUT2D eigenvalue weighted by Crippen LogP contribution is 2.44. The smallest absolute Gasteiger partial charge is 0.205 e. The van der Waals surface area contributed by atoms with Crippen LogP contribution in [0.5, 0.6) is 11.5 Å². The predicted octanol–water partition coefficient (Wildman–Crippen LogP) is 4.91. The first-order valence-electron chi connectivity index (χ1n) is 10.0. The molecule has 2 heterocycles. The van der Waals surface area contributed by atoms with Crippen molar-refractivity contribution >= 4 is 22.7 Å². The van der Waals surface area contributed by atoms with Gasteiger partial charge in [-0.05, 0) is 29.1 Å². The van der Waals surface area contributed by atoms with Crippen LogP contribution in [0.15, 0.2) is 95.6 Å². The second-order valence-corrected chi connectivity index (χ2v) is 7.42. The molecule has 0 fully saturated rings. The number of hydrogen-bond acceptors (Lipinski definition) is 6. The molecule has 1 aliphatic rings. The molecule has 0 aliphatic carbocycles. The maximum Gasteiger partial charge on any atom is 0.205 e. The van der Waals surface area contributed by atoms with Gasteiger partial charge in [0, 0.05) is 41.2 Å². The molecule has 3 N–H and O–H groups in total. The third-order valence-electron chi connectivity index (χ3n) is 5.49. The van der Waals surface area contributed by atoms with Crippen LogP contribution in [0.2, 0.25) is 0 Å². The summed E-state index contributed by atoms with van der Waals surface area (Å²) in [6, 6.07) is 23.0. The van der Waals surface area contributed by atoms with Gasteiger partial charge in [-0.25, -0.2) is 0 Å². The van der Waals surface area contributed by atoms with Crippen molar-refractivity contribution in [2.45, 2.75) is 5.92 Å². The van der Waals surface area contributed by atoms with Crippen LogP contribution >= 0.6 is 0 Å². The lowest BCUT2D eigenvalue weighted by atomic mass is 9.83. The first-order chi connectivity index (χ1) is 15.7. The molecule has 0 bridgehead atoms. The average molecular weight is 418 g/mol. The van der Waals surface area contributed by atoms with Gasteiger partial charge in [0.25, 0.3) is 0 Å². The fourth-order valence-electron chi connectivity index (χ4n) is 3.96. The standard InChI is InChI=1S/C26H18N4O2/c27-13-21-25(17-7-4-10-29-14-17)20-11-18(23(31)12-24(20)32-26(21)28)15-30-22-9-3-6-16-5-1-2-8-19(16)22/h1-12,14-15,25,31H,28H2. The number of rotatable bonds is 3. The molecule has 0 spiro atoms. The minimum Gasteiger partial charge on any atom is -0.507 e. The van der Waals surface area contributed by atoms with E-state index < -0.39 is 5.92 Å². The summed E-state index contributed by atoms with van der Waals surface area (Å²) in [6.07, 6.45) is 4.98. The largest absolute Gasteiger partial charge is 0.507 e. The number of fused-ring (bicyclic) bond motifs is 2. The fourth-order valence-corrected chi connectivity index (χ4v) is 3.96. The van der Waals surface area contributed by atoms with E-state index in [0.717, 1.165) is 22.0 Å². The second-order valence-electron chi connectivity index (χ2n) is 7.42. The van der Waals surface area contributed by atoms with E-state index >= 15 is 0 Å². The Morgan fingerprint density at radius 2 is 1.94 bits per heavy atom. The molecule has 0 saturated heterocycles. The van der Waals surface area contributed by atoms with E-state index in [9.17, 15) is 10.4 Å². The Hall–Kier alpha value is -4.63. The molecule has 154 valence electrons. The van der Waals surface area contributed by atoms with Gasteiger partial charge in [-0.1, -0.05) is 42.5 Å². The minimum absolute atomic E-state index is 0.00545. The topological polar surface area (TPSA) is 105 Å². The summed E-state index contributed by atoms with van der Waals surface area (Å²) in [5, 5.41) is 22.5. The highest BCUT2D eigenvalue weighted by molar-refractivity contribution is 5.96. The molecule has 1 atom stereocenters. The van der Waals surface area contributed by atoms with Gasteiger partial charge in [-0.3, -0.25) is 9.98 Å². The number of pyridine rings is 1. The molecule has 6 heteroatoms. The third kappa shape index (κ3) is 3.32. The lowest BCUT2D eigenvalue weighted by Gasteiger charge is -2.26. The Balaban J connectivity index is 1.62. The summed E-state index contributed by atoms with van der Waals surface area (Å²) in [7, 11) is 0. The van der Waals surface area contributed by atoms with E-state index in [-0.39, 0.29) is 11.6 Å². The predicted molar refractivity (Wildman–Crippen MR) is 123 cm³/mol. The van der Waals surface area contributed by atoms with Crippen LogP contribution in [0.3, 0.4) is 0 Å². The first kappa shape index (κ1) is 19.3. The highest BCUT2D eigenvalue weighted by atomic mass is 16.5. The highest BCUT2D eigenvalue weighted by Gasteiger charge is 2.31. The zero-order valence-corrected chi connectivity index (χ0v) is 16.9. The van der Waals surface area contributed by atoms with Gasteiger partial charge in [0.05, 0.1) is 11.6 Å². The van der Waals surface area contributed by atoms with Crippen LogP contribution in [-0.4, -0.2) is 16.3 Å². The van der Waals surface area contributed by atoms with Crippen LogP contribution in [0.25, 0.3) is 10.8 Å². The van der Waals surface area contributed by atoms with Gasteiger partial charge in [0.1, 0.15) is 23.1 Å². The number of ether oxygens (including phenoxy) is 1. The Morgan fingerprint density at radius 1 is 1.09 bits per heavy atom. The molecule has 0 saturated carbocycles. The fraction of sp³-hybridized carbons (Fsp3) is 0.0385. The molecule has 3 aromatic carbocycles. The van der Waals surface area contributed by atoms with Crippen LogP contribution in [-0.2, 0) is 0 Å². The number of hydrogen-bond donors (Lipinski definition) is 2. The molecule has 1 aromatic heterocycles. The van der Waals surface area contributed by atoms with Crippen molar-refractivity contribution in [3.63, 3.8) is 0 Å². The second kappa shape index (κ2) is 7.89. The molecule has 4 aromatic rings. The molecule has 32 heavy (non-hydrogen) atoms. The van der Waals surface area contributed by atoms with E-state index in [0.29, 0.717) is 22.4 Å².